The molecule has 0 aliphatic carbocycles. The summed E-state index contributed by atoms with van der Waals surface area (Å²) >= 11 is 0. The lowest BCUT2D eigenvalue weighted by molar-refractivity contribution is 0.278. The van der Waals surface area contributed by atoms with Crippen LogP contribution in [0.3, 0.4) is 0 Å². The van der Waals surface area contributed by atoms with Crippen LogP contribution in [-0.2, 0) is 0 Å². The second kappa shape index (κ2) is 20.4. The molecule has 6 aromatic carbocycles. The summed E-state index contributed by atoms with van der Waals surface area (Å²) in [7, 11) is -2.17. The highest BCUT2D eigenvalue weighted by molar-refractivity contribution is 6.30. The van der Waals surface area contributed by atoms with E-state index in [9.17, 15) is 105 Å². The minimum Gasteiger partial charge on any atom is -0.402 e. The van der Waals surface area contributed by atoms with Crippen LogP contribution in [-0.4, -0.2) is 22.4 Å². The molecule has 0 atom stereocenters. The summed E-state index contributed by atoms with van der Waals surface area (Å²) in [5, 5.41) is 21.5. The largest absolute Gasteiger partial charge is 0.631 e. The maximum absolute atomic E-state index is 13.4. The van der Waals surface area contributed by atoms with Crippen LogP contribution in [0.4, 0.5) is 105 Å². The Morgan fingerprint density at radius 1 is 0.188 bits per heavy atom. The van der Waals surface area contributed by atoms with Crippen LogP contribution in [0.15, 0.2) is 36.4 Å². The SMILES string of the molecule is Fc1cc(F)c(-c2c(F)cc(F)c(F)c2F)c(F)c1F.Fc1cc(F)c(-c2c(F)cc(F)c(F)c2F)c(F)c1F.Fc1cc(F)c(-c2c(F)cc(F)c(F)c2F)c(F)c1F.OB(O)O. The molecule has 342 valence electrons. The summed E-state index contributed by atoms with van der Waals surface area (Å²) in [4.78, 5) is 0. The Balaban J connectivity index is 0.000000244. The lowest BCUT2D eigenvalue weighted by atomic mass is 10.0. The molecule has 64 heavy (non-hydrogen) atoms. The van der Waals surface area contributed by atoms with Gasteiger partial charge in [-0.05, 0) is 0 Å². The molecule has 3 nitrogen and oxygen atoms in total. The van der Waals surface area contributed by atoms with E-state index >= 15 is 0 Å². The number of halogens is 24. The zero-order valence-electron chi connectivity index (χ0n) is 29.5. The number of hydrogen-bond donors (Lipinski definition) is 3. The van der Waals surface area contributed by atoms with Crippen molar-refractivity contribution < 1.29 is 120 Å². The molecule has 0 spiro atoms. The number of rotatable bonds is 3. The lowest BCUT2D eigenvalue weighted by Gasteiger charge is -2.10. The minimum absolute atomic E-state index is 0.173. The Labute approximate surface area is 337 Å². The standard InChI is InChI=1S/3C12H2F8.BH3O3/c3*13-3-1-5(15)9(17)11(19)7(3)8-4(14)2-6(16)10(18)12(8)20;2-1(3)4/h3*1-2H;2-4H. The molecule has 0 aliphatic heterocycles. The molecule has 0 aliphatic rings. The Hall–Kier alpha value is -6.42. The van der Waals surface area contributed by atoms with E-state index in [0.717, 1.165) is 0 Å². The smallest absolute Gasteiger partial charge is 0.402 e. The van der Waals surface area contributed by atoms with Crippen molar-refractivity contribution in [1.29, 1.82) is 0 Å². The molecule has 0 bridgehead atoms. The van der Waals surface area contributed by atoms with Crippen molar-refractivity contribution in [2.45, 2.75) is 0 Å². The van der Waals surface area contributed by atoms with Gasteiger partial charge < -0.3 is 15.1 Å². The summed E-state index contributed by atoms with van der Waals surface area (Å²) in [6.07, 6.45) is 0. The molecule has 28 heteroatoms. The average molecular weight is 956 g/mol. The summed E-state index contributed by atoms with van der Waals surface area (Å²) in [5.74, 6) is -49.6. The first-order valence-electron chi connectivity index (χ1n) is 15.5. The number of benzene rings is 6. The van der Waals surface area contributed by atoms with Crippen molar-refractivity contribution >= 4 is 7.32 Å². The van der Waals surface area contributed by atoms with Gasteiger partial charge in [0.25, 0.3) is 0 Å². The average Bonchev–Trinajstić information content (AvgIpc) is 3.19. The van der Waals surface area contributed by atoms with Gasteiger partial charge in [0, 0.05) is 36.4 Å². The maximum atomic E-state index is 13.4. The van der Waals surface area contributed by atoms with Crippen LogP contribution >= 0.6 is 0 Å². The Bertz CT molecular complexity index is 2300. The normalized spacial score (nSPS) is 10.7. The second-order valence-electron chi connectivity index (χ2n) is 11.4. The van der Waals surface area contributed by atoms with Crippen LogP contribution in [0.25, 0.3) is 33.4 Å². The van der Waals surface area contributed by atoms with E-state index in [1.807, 2.05) is 0 Å². The zero-order valence-corrected chi connectivity index (χ0v) is 29.5. The first-order valence-corrected chi connectivity index (χ1v) is 15.5. The van der Waals surface area contributed by atoms with Crippen molar-refractivity contribution in [2.24, 2.45) is 0 Å². The third kappa shape index (κ3) is 10.5. The van der Waals surface area contributed by atoms with Crippen molar-refractivity contribution in [3.8, 4) is 33.4 Å². The van der Waals surface area contributed by atoms with Crippen molar-refractivity contribution in [2.75, 3.05) is 0 Å². The molecule has 0 unspecified atom stereocenters. The van der Waals surface area contributed by atoms with Gasteiger partial charge in [-0.15, -0.1) is 0 Å². The predicted molar refractivity (Wildman–Crippen MR) is 167 cm³/mol. The third-order valence-corrected chi connectivity index (χ3v) is 7.43. The first kappa shape index (κ1) is 51.9. The van der Waals surface area contributed by atoms with Gasteiger partial charge in [0.2, 0.25) is 0 Å². The molecule has 6 aromatic rings. The van der Waals surface area contributed by atoms with Gasteiger partial charge in [0.05, 0.1) is 33.4 Å². The Kier molecular flexibility index (Phi) is 16.5. The van der Waals surface area contributed by atoms with Crippen LogP contribution in [0, 0.1) is 140 Å². The Morgan fingerprint density at radius 3 is 0.375 bits per heavy atom. The summed E-state index contributed by atoms with van der Waals surface area (Å²) < 4.78 is 315. The van der Waals surface area contributed by atoms with Crippen LogP contribution in [0.2, 0.25) is 0 Å². The molecular formula is C36H9BF24O3. The minimum atomic E-state index is -2.26. The van der Waals surface area contributed by atoms with E-state index in [1.54, 1.807) is 0 Å². The van der Waals surface area contributed by atoms with Crippen molar-refractivity contribution in [1.82, 2.24) is 0 Å². The Morgan fingerprint density at radius 2 is 0.281 bits per heavy atom. The van der Waals surface area contributed by atoms with E-state index in [-0.39, 0.29) is 36.4 Å². The molecule has 6 rings (SSSR count). The summed E-state index contributed by atoms with van der Waals surface area (Å²) in [6, 6.07) is -1.04. The summed E-state index contributed by atoms with van der Waals surface area (Å²) in [6.45, 7) is 0. The molecule has 0 fully saturated rings. The van der Waals surface area contributed by atoms with E-state index < -0.39 is 180 Å². The molecule has 3 N–H and O–H groups in total. The van der Waals surface area contributed by atoms with Gasteiger partial charge in [-0.3, -0.25) is 0 Å². The van der Waals surface area contributed by atoms with E-state index in [0.29, 0.717) is 0 Å². The second-order valence-corrected chi connectivity index (χ2v) is 11.4. The van der Waals surface area contributed by atoms with Gasteiger partial charge in [-0.25, -0.2) is 105 Å². The zero-order chi connectivity index (χ0) is 49.1. The first-order chi connectivity index (χ1) is 29.5. The fourth-order valence-corrected chi connectivity index (χ4v) is 4.77. The predicted octanol–water partition coefficient (Wildman–Crippen LogP) is 11.3. The highest BCUT2D eigenvalue weighted by Gasteiger charge is 2.31. The highest BCUT2D eigenvalue weighted by Crippen LogP contribution is 2.37. The van der Waals surface area contributed by atoms with E-state index in [2.05, 4.69) is 0 Å². The number of hydrogen-bond acceptors (Lipinski definition) is 3. The van der Waals surface area contributed by atoms with Crippen LogP contribution < -0.4 is 0 Å². The quantitative estimate of drug-likeness (QED) is 0.0717. The maximum Gasteiger partial charge on any atom is 0.631 e. The lowest BCUT2D eigenvalue weighted by Crippen LogP contribution is -2.07. The van der Waals surface area contributed by atoms with Crippen LogP contribution in [0.5, 0.6) is 0 Å². The van der Waals surface area contributed by atoms with E-state index in [1.165, 1.54) is 0 Å². The molecule has 0 radical (unpaired) electrons. The van der Waals surface area contributed by atoms with E-state index in [4.69, 9.17) is 15.1 Å². The molecular weight excluding hydrogens is 947 g/mol. The summed E-state index contributed by atoms with van der Waals surface area (Å²) in [5.41, 5.74) is -10.0. The van der Waals surface area contributed by atoms with Crippen molar-refractivity contribution in [3.63, 3.8) is 0 Å². The van der Waals surface area contributed by atoms with Gasteiger partial charge in [0.15, 0.2) is 105 Å². The molecule has 0 amide bonds. The molecule has 0 saturated heterocycles. The topological polar surface area (TPSA) is 60.7 Å². The fourth-order valence-electron chi connectivity index (χ4n) is 4.77. The molecule has 0 saturated carbocycles. The van der Waals surface area contributed by atoms with Gasteiger partial charge >= 0.3 is 7.32 Å². The van der Waals surface area contributed by atoms with Crippen LogP contribution in [0.1, 0.15) is 0 Å². The highest BCUT2D eigenvalue weighted by atomic mass is 19.2. The van der Waals surface area contributed by atoms with Crippen molar-refractivity contribution in [3.05, 3.63) is 176 Å². The fraction of sp³-hybridized carbons (Fsp3) is 0. The van der Waals surface area contributed by atoms with Gasteiger partial charge in [-0.1, -0.05) is 0 Å². The van der Waals surface area contributed by atoms with Gasteiger partial charge in [0.1, 0.15) is 34.9 Å². The third-order valence-electron chi connectivity index (χ3n) is 7.43. The molecule has 0 heterocycles. The van der Waals surface area contributed by atoms with Gasteiger partial charge in [-0.2, -0.15) is 0 Å². The molecule has 0 aromatic heterocycles. The monoisotopic (exact) mass is 956 g/mol.